The molecule has 1 heterocycles. The van der Waals surface area contributed by atoms with Gasteiger partial charge in [0, 0.05) is 9.99 Å². The fourth-order valence-electron chi connectivity index (χ4n) is 1.84. The predicted octanol–water partition coefficient (Wildman–Crippen LogP) is 2.02. The van der Waals surface area contributed by atoms with E-state index in [1.54, 1.807) is 12.1 Å². The molecule has 1 aliphatic rings. The first-order valence-corrected chi connectivity index (χ1v) is 6.76. The maximum Gasteiger partial charge on any atom is 0.414 e. The zero-order chi connectivity index (χ0) is 14.0. The van der Waals surface area contributed by atoms with Crippen LogP contribution in [0.4, 0.5) is 14.9 Å². The number of hydrogen-bond acceptors (Lipinski definition) is 3. The molecule has 0 radical (unpaired) electrons. The molecule has 5 nitrogen and oxygen atoms in total. The molecule has 19 heavy (non-hydrogen) atoms. The molecule has 1 atom stereocenters. The SMILES string of the molecule is NC(=O)CCC1CN(c2ccc(I)c(F)c2)C(=O)O1. The van der Waals surface area contributed by atoms with Crippen LogP contribution in [0.25, 0.3) is 0 Å². The van der Waals surface area contributed by atoms with Crippen LogP contribution in [0.2, 0.25) is 0 Å². The van der Waals surface area contributed by atoms with Crippen LogP contribution in [0.15, 0.2) is 18.2 Å². The summed E-state index contributed by atoms with van der Waals surface area (Å²) in [7, 11) is 0. The quantitative estimate of drug-likeness (QED) is 0.815. The monoisotopic (exact) mass is 378 g/mol. The first kappa shape index (κ1) is 14.0. The highest BCUT2D eigenvalue weighted by Crippen LogP contribution is 2.25. The number of carbonyl (C=O) groups excluding carboxylic acids is 2. The lowest BCUT2D eigenvalue weighted by molar-refractivity contribution is -0.118. The number of ether oxygens (including phenoxy) is 1. The minimum atomic E-state index is -0.532. The average Bonchev–Trinajstić information content (AvgIpc) is 2.72. The number of amides is 2. The van der Waals surface area contributed by atoms with Crippen molar-refractivity contribution >= 4 is 40.3 Å². The average molecular weight is 378 g/mol. The van der Waals surface area contributed by atoms with Gasteiger partial charge in [0.25, 0.3) is 0 Å². The van der Waals surface area contributed by atoms with Crippen LogP contribution in [-0.2, 0) is 9.53 Å². The Labute approximate surface area is 123 Å². The Hall–Kier alpha value is -1.38. The Morgan fingerprint density at radius 3 is 2.95 bits per heavy atom. The first-order chi connectivity index (χ1) is 8.97. The Morgan fingerprint density at radius 1 is 1.58 bits per heavy atom. The second kappa shape index (κ2) is 5.72. The van der Waals surface area contributed by atoms with Crippen LogP contribution in [0, 0.1) is 9.39 Å². The standard InChI is InChI=1S/C12H12FIN2O3/c13-9-5-7(1-3-10(9)14)16-6-8(19-12(16)18)2-4-11(15)17/h1,3,5,8H,2,4,6H2,(H2,15,17). The van der Waals surface area contributed by atoms with Gasteiger partial charge in [-0.15, -0.1) is 0 Å². The third-order valence-electron chi connectivity index (χ3n) is 2.80. The van der Waals surface area contributed by atoms with E-state index in [0.717, 1.165) is 0 Å². The van der Waals surface area contributed by atoms with E-state index < -0.39 is 12.0 Å². The summed E-state index contributed by atoms with van der Waals surface area (Å²) in [6.07, 6.45) is -0.380. The zero-order valence-electron chi connectivity index (χ0n) is 9.94. The van der Waals surface area contributed by atoms with Crippen molar-refractivity contribution < 1.29 is 18.7 Å². The van der Waals surface area contributed by atoms with Crippen molar-refractivity contribution in [3.8, 4) is 0 Å². The summed E-state index contributed by atoms with van der Waals surface area (Å²) < 4.78 is 19.1. The van der Waals surface area contributed by atoms with Gasteiger partial charge in [0.15, 0.2) is 0 Å². The predicted molar refractivity (Wildman–Crippen MR) is 75.2 cm³/mol. The maximum atomic E-state index is 13.5. The number of cyclic esters (lactones) is 1. The van der Waals surface area contributed by atoms with E-state index in [1.165, 1.54) is 11.0 Å². The van der Waals surface area contributed by atoms with Crippen LogP contribution in [0.1, 0.15) is 12.8 Å². The van der Waals surface area contributed by atoms with Gasteiger partial charge in [-0.05, 0) is 47.2 Å². The number of rotatable bonds is 4. The van der Waals surface area contributed by atoms with Crippen molar-refractivity contribution in [2.45, 2.75) is 18.9 Å². The molecule has 1 aromatic rings. The van der Waals surface area contributed by atoms with Crippen molar-refractivity contribution in [2.75, 3.05) is 11.4 Å². The summed E-state index contributed by atoms with van der Waals surface area (Å²) in [6.45, 7) is 0.298. The van der Waals surface area contributed by atoms with E-state index in [2.05, 4.69) is 0 Å². The highest BCUT2D eigenvalue weighted by atomic mass is 127. The van der Waals surface area contributed by atoms with Crippen molar-refractivity contribution in [3.05, 3.63) is 27.6 Å². The van der Waals surface area contributed by atoms with Gasteiger partial charge in [0.05, 0.1) is 12.2 Å². The summed E-state index contributed by atoms with van der Waals surface area (Å²) in [4.78, 5) is 23.7. The lowest BCUT2D eigenvalue weighted by Gasteiger charge is -2.13. The van der Waals surface area contributed by atoms with Crippen molar-refractivity contribution in [1.29, 1.82) is 0 Å². The topological polar surface area (TPSA) is 72.6 Å². The largest absolute Gasteiger partial charge is 0.444 e. The Kier molecular flexibility index (Phi) is 4.23. The molecule has 0 spiro atoms. The Balaban J connectivity index is 2.07. The second-order valence-corrected chi connectivity index (χ2v) is 5.38. The fraction of sp³-hybridized carbons (Fsp3) is 0.333. The normalized spacial score (nSPS) is 18.5. The summed E-state index contributed by atoms with van der Waals surface area (Å²) in [5, 5.41) is 0. The molecule has 0 saturated carbocycles. The lowest BCUT2D eigenvalue weighted by Crippen LogP contribution is -2.25. The Bertz CT molecular complexity index is 524. The number of carbonyl (C=O) groups is 2. The molecule has 102 valence electrons. The van der Waals surface area contributed by atoms with Crippen molar-refractivity contribution in [3.63, 3.8) is 0 Å². The Morgan fingerprint density at radius 2 is 2.32 bits per heavy atom. The van der Waals surface area contributed by atoms with Crippen LogP contribution in [0.5, 0.6) is 0 Å². The van der Waals surface area contributed by atoms with E-state index in [0.29, 0.717) is 22.2 Å². The highest BCUT2D eigenvalue weighted by Gasteiger charge is 2.32. The van der Waals surface area contributed by atoms with E-state index in [9.17, 15) is 14.0 Å². The van der Waals surface area contributed by atoms with Gasteiger partial charge < -0.3 is 10.5 Å². The fourth-order valence-corrected chi connectivity index (χ4v) is 2.17. The zero-order valence-corrected chi connectivity index (χ0v) is 12.1. The molecule has 1 fully saturated rings. The second-order valence-electron chi connectivity index (χ2n) is 4.22. The molecule has 1 aromatic carbocycles. The smallest absolute Gasteiger partial charge is 0.414 e. The highest BCUT2D eigenvalue weighted by molar-refractivity contribution is 14.1. The summed E-state index contributed by atoms with van der Waals surface area (Å²) in [5.74, 6) is -0.818. The van der Waals surface area contributed by atoms with Crippen molar-refractivity contribution in [1.82, 2.24) is 0 Å². The van der Waals surface area contributed by atoms with E-state index in [-0.39, 0.29) is 18.3 Å². The van der Waals surface area contributed by atoms with Crippen molar-refractivity contribution in [2.24, 2.45) is 5.73 Å². The van der Waals surface area contributed by atoms with Gasteiger partial charge in [-0.3, -0.25) is 9.69 Å². The first-order valence-electron chi connectivity index (χ1n) is 5.69. The van der Waals surface area contributed by atoms with Crippen LogP contribution in [0.3, 0.4) is 0 Å². The molecule has 2 N–H and O–H groups in total. The number of halogens is 2. The number of nitrogens with zero attached hydrogens (tertiary/aromatic N) is 1. The molecule has 0 aliphatic carbocycles. The van der Waals surface area contributed by atoms with Crippen LogP contribution >= 0.6 is 22.6 Å². The van der Waals surface area contributed by atoms with E-state index in [1.807, 2.05) is 22.6 Å². The molecular formula is C12H12FIN2O3. The van der Waals surface area contributed by atoms with Gasteiger partial charge in [0.1, 0.15) is 11.9 Å². The maximum absolute atomic E-state index is 13.5. The summed E-state index contributed by atoms with van der Waals surface area (Å²) >= 11 is 1.87. The number of nitrogens with two attached hydrogens (primary N) is 1. The van der Waals surface area contributed by atoms with Gasteiger partial charge in [-0.25, -0.2) is 9.18 Å². The molecule has 0 bridgehead atoms. The lowest BCUT2D eigenvalue weighted by atomic mass is 10.2. The number of primary amides is 1. The van der Waals surface area contributed by atoms with Crippen LogP contribution in [-0.4, -0.2) is 24.6 Å². The molecule has 2 rings (SSSR count). The van der Waals surface area contributed by atoms with E-state index >= 15 is 0 Å². The minimum Gasteiger partial charge on any atom is -0.444 e. The van der Waals surface area contributed by atoms with Gasteiger partial charge >= 0.3 is 6.09 Å². The molecule has 1 saturated heterocycles. The molecule has 1 unspecified atom stereocenters. The van der Waals surface area contributed by atoms with E-state index in [4.69, 9.17) is 10.5 Å². The molecule has 1 aliphatic heterocycles. The summed E-state index contributed by atoms with van der Waals surface area (Å²) in [5.41, 5.74) is 5.49. The molecule has 7 heteroatoms. The molecule has 0 aromatic heterocycles. The summed E-state index contributed by atoms with van der Waals surface area (Å²) in [6, 6.07) is 4.54. The molecule has 2 amide bonds. The third-order valence-corrected chi connectivity index (χ3v) is 3.68. The molecular weight excluding hydrogens is 366 g/mol. The number of anilines is 1. The van der Waals surface area contributed by atoms with Gasteiger partial charge in [-0.1, -0.05) is 0 Å². The number of benzene rings is 1. The minimum absolute atomic E-state index is 0.160. The van der Waals surface area contributed by atoms with Crippen LogP contribution < -0.4 is 10.6 Å². The number of hydrogen-bond donors (Lipinski definition) is 1. The van der Waals surface area contributed by atoms with Gasteiger partial charge in [-0.2, -0.15) is 0 Å². The third kappa shape index (κ3) is 3.34. The van der Waals surface area contributed by atoms with Gasteiger partial charge in [0.2, 0.25) is 5.91 Å².